The average molecular weight is 305 g/mol. The normalized spacial score (nSPS) is 13.3. The fraction of sp³-hybridized carbons (Fsp3) is 0.643. The van der Waals surface area contributed by atoms with E-state index in [1.807, 2.05) is 20.8 Å². The molecular weight excluding hydrogens is 283 g/mol. The number of nitrogens with zero attached hydrogens (tertiary/aromatic N) is 1. The number of aliphatic hydroxyl groups is 1. The van der Waals surface area contributed by atoms with E-state index in [9.17, 15) is 18.3 Å². The highest BCUT2D eigenvalue weighted by Gasteiger charge is 2.32. The van der Waals surface area contributed by atoms with E-state index >= 15 is 0 Å². The van der Waals surface area contributed by atoms with Crippen LogP contribution in [0, 0.1) is 5.92 Å². The highest BCUT2D eigenvalue weighted by atomic mass is 19.4. The van der Waals surface area contributed by atoms with Crippen LogP contribution in [0.25, 0.3) is 0 Å². The Bertz CT molecular complexity index is 450. The first-order chi connectivity index (χ1) is 9.77. The van der Waals surface area contributed by atoms with Crippen molar-refractivity contribution in [1.82, 2.24) is 4.98 Å². The molecule has 0 radical (unpaired) electrons. The van der Waals surface area contributed by atoms with E-state index in [4.69, 9.17) is 0 Å². The fourth-order valence-electron chi connectivity index (χ4n) is 1.72. The molecule has 120 valence electrons. The van der Waals surface area contributed by atoms with E-state index in [2.05, 4.69) is 15.6 Å². The number of halogens is 3. The van der Waals surface area contributed by atoms with Crippen LogP contribution in [-0.4, -0.2) is 29.3 Å². The van der Waals surface area contributed by atoms with Crippen molar-refractivity contribution >= 4 is 11.6 Å². The third-order valence-electron chi connectivity index (χ3n) is 3.04. The van der Waals surface area contributed by atoms with Gasteiger partial charge in [-0.1, -0.05) is 20.8 Å². The van der Waals surface area contributed by atoms with E-state index in [0.717, 1.165) is 18.6 Å². The first-order valence-corrected chi connectivity index (χ1v) is 6.98. The molecule has 1 atom stereocenters. The molecule has 1 rings (SSSR count). The molecule has 0 spiro atoms. The lowest BCUT2D eigenvalue weighted by Gasteiger charge is -2.21. The van der Waals surface area contributed by atoms with E-state index in [-0.39, 0.29) is 30.2 Å². The predicted molar refractivity (Wildman–Crippen MR) is 77.4 cm³/mol. The van der Waals surface area contributed by atoms with Crippen molar-refractivity contribution in [3.05, 3.63) is 17.7 Å². The largest absolute Gasteiger partial charge is 0.416 e. The number of alkyl halides is 3. The molecular formula is C14H22F3N3O. The number of hydrogen-bond donors (Lipinski definition) is 3. The molecule has 7 heteroatoms. The average Bonchev–Trinajstić information content (AvgIpc) is 2.41. The lowest BCUT2D eigenvalue weighted by atomic mass is 10.1. The topological polar surface area (TPSA) is 57.2 Å². The van der Waals surface area contributed by atoms with Crippen molar-refractivity contribution in [2.24, 2.45) is 5.92 Å². The van der Waals surface area contributed by atoms with Gasteiger partial charge in [0.15, 0.2) is 0 Å². The summed E-state index contributed by atoms with van der Waals surface area (Å²) in [7, 11) is 0. The van der Waals surface area contributed by atoms with Crippen molar-refractivity contribution < 1.29 is 18.3 Å². The van der Waals surface area contributed by atoms with Gasteiger partial charge in [-0.05, 0) is 24.5 Å². The second kappa shape index (κ2) is 7.49. The molecule has 1 aromatic heterocycles. The zero-order valence-corrected chi connectivity index (χ0v) is 12.5. The molecule has 1 aromatic rings. The summed E-state index contributed by atoms with van der Waals surface area (Å²) in [4.78, 5) is 4.12. The van der Waals surface area contributed by atoms with Crippen LogP contribution in [0.2, 0.25) is 0 Å². The number of aliphatic hydroxyl groups excluding tert-OH is 1. The monoisotopic (exact) mass is 305 g/mol. The van der Waals surface area contributed by atoms with E-state index in [0.29, 0.717) is 6.54 Å². The molecule has 0 amide bonds. The van der Waals surface area contributed by atoms with Gasteiger partial charge in [0.25, 0.3) is 0 Å². The van der Waals surface area contributed by atoms with Crippen LogP contribution >= 0.6 is 0 Å². The SMILES string of the molecule is CCCNc1cc(C(F)(F)F)cc(NC(CO)C(C)C)n1. The Hall–Kier alpha value is -1.50. The molecule has 0 aromatic carbocycles. The van der Waals surface area contributed by atoms with Crippen LogP contribution in [0.5, 0.6) is 0 Å². The van der Waals surface area contributed by atoms with Gasteiger partial charge in [0.1, 0.15) is 11.6 Å². The Labute approximate surface area is 122 Å². The second-order valence-electron chi connectivity index (χ2n) is 5.23. The van der Waals surface area contributed by atoms with Crippen LogP contribution in [0.3, 0.4) is 0 Å². The standard InChI is InChI=1S/C14H22F3N3O/c1-4-5-18-12-6-10(14(15,16)17)7-13(20-12)19-11(8-21)9(2)3/h6-7,9,11,21H,4-5,8H2,1-3H3,(H2,18,19,20). The van der Waals surface area contributed by atoms with Crippen molar-refractivity contribution in [3.63, 3.8) is 0 Å². The molecule has 0 aliphatic carbocycles. The maximum absolute atomic E-state index is 12.9. The Kier molecular flexibility index (Phi) is 6.26. The van der Waals surface area contributed by atoms with Crippen molar-refractivity contribution in [2.75, 3.05) is 23.8 Å². The zero-order valence-electron chi connectivity index (χ0n) is 12.5. The number of pyridine rings is 1. The molecule has 1 heterocycles. The van der Waals surface area contributed by atoms with Crippen molar-refractivity contribution in [3.8, 4) is 0 Å². The first-order valence-electron chi connectivity index (χ1n) is 6.98. The number of anilines is 2. The molecule has 0 fully saturated rings. The van der Waals surface area contributed by atoms with Crippen LogP contribution in [0.15, 0.2) is 12.1 Å². The summed E-state index contributed by atoms with van der Waals surface area (Å²) in [5.41, 5.74) is -0.765. The molecule has 0 aliphatic rings. The summed E-state index contributed by atoms with van der Waals surface area (Å²) >= 11 is 0. The molecule has 0 saturated carbocycles. The molecule has 4 nitrogen and oxygen atoms in total. The molecule has 0 bridgehead atoms. The minimum atomic E-state index is -4.44. The third-order valence-corrected chi connectivity index (χ3v) is 3.04. The van der Waals surface area contributed by atoms with Crippen LogP contribution in [-0.2, 0) is 6.18 Å². The number of nitrogens with one attached hydrogen (secondary N) is 2. The fourth-order valence-corrected chi connectivity index (χ4v) is 1.72. The highest BCUT2D eigenvalue weighted by molar-refractivity contribution is 5.50. The van der Waals surface area contributed by atoms with Gasteiger partial charge in [-0.2, -0.15) is 13.2 Å². The summed E-state index contributed by atoms with van der Waals surface area (Å²) in [6.45, 7) is 6.03. The van der Waals surface area contributed by atoms with Crippen molar-refractivity contribution in [2.45, 2.75) is 39.4 Å². The Morgan fingerprint density at radius 1 is 1.24 bits per heavy atom. The lowest BCUT2D eigenvalue weighted by molar-refractivity contribution is -0.137. The smallest absolute Gasteiger partial charge is 0.394 e. The minimum Gasteiger partial charge on any atom is -0.394 e. The lowest BCUT2D eigenvalue weighted by Crippen LogP contribution is -2.30. The van der Waals surface area contributed by atoms with Gasteiger partial charge in [-0.3, -0.25) is 0 Å². The summed E-state index contributed by atoms with van der Waals surface area (Å²) in [5, 5.41) is 15.0. The molecule has 21 heavy (non-hydrogen) atoms. The summed E-state index contributed by atoms with van der Waals surface area (Å²) in [5.74, 6) is 0.351. The minimum absolute atomic E-state index is 0.0680. The summed E-state index contributed by atoms with van der Waals surface area (Å²) in [6, 6.07) is 1.60. The van der Waals surface area contributed by atoms with Gasteiger partial charge in [0.05, 0.1) is 18.2 Å². The Balaban J connectivity index is 3.06. The molecule has 0 aliphatic heterocycles. The van der Waals surface area contributed by atoms with Gasteiger partial charge < -0.3 is 15.7 Å². The quantitative estimate of drug-likeness (QED) is 0.723. The second-order valence-corrected chi connectivity index (χ2v) is 5.23. The Morgan fingerprint density at radius 2 is 1.86 bits per heavy atom. The van der Waals surface area contributed by atoms with E-state index in [1.165, 1.54) is 0 Å². The predicted octanol–water partition coefficient (Wildman–Crippen LogP) is 3.35. The summed E-state index contributed by atoms with van der Waals surface area (Å²) < 4.78 is 38.7. The van der Waals surface area contributed by atoms with Gasteiger partial charge in [-0.15, -0.1) is 0 Å². The van der Waals surface area contributed by atoms with Crippen LogP contribution in [0.1, 0.15) is 32.8 Å². The van der Waals surface area contributed by atoms with Gasteiger partial charge >= 0.3 is 6.18 Å². The molecule has 0 saturated heterocycles. The summed E-state index contributed by atoms with van der Waals surface area (Å²) in [6.07, 6.45) is -3.65. The zero-order chi connectivity index (χ0) is 16.0. The van der Waals surface area contributed by atoms with Gasteiger partial charge in [-0.25, -0.2) is 4.98 Å². The maximum atomic E-state index is 12.9. The first kappa shape index (κ1) is 17.6. The number of hydrogen-bond acceptors (Lipinski definition) is 4. The number of rotatable bonds is 7. The van der Waals surface area contributed by atoms with E-state index in [1.54, 1.807) is 0 Å². The molecule has 3 N–H and O–H groups in total. The van der Waals surface area contributed by atoms with Crippen molar-refractivity contribution in [1.29, 1.82) is 0 Å². The van der Waals surface area contributed by atoms with Gasteiger partial charge in [0, 0.05) is 6.54 Å². The third kappa shape index (κ3) is 5.41. The van der Waals surface area contributed by atoms with Crippen LogP contribution < -0.4 is 10.6 Å². The van der Waals surface area contributed by atoms with E-state index < -0.39 is 11.7 Å². The van der Waals surface area contributed by atoms with Gasteiger partial charge in [0.2, 0.25) is 0 Å². The van der Waals surface area contributed by atoms with Crippen LogP contribution in [0.4, 0.5) is 24.8 Å². The molecule has 1 unspecified atom stereocenters. The highest BCUT2D eigenvalue weighted by Crippen LogP contribution is 2.32. The Morgan fingerprint density at radius 3 is 2.33 bits per heavy atom. The number of aromatic nitrogens is 1. The maximum Gasteiger partial charge on any atom is 0.416 e.